The van der Waals surface area contributed by atoms with Crippen LogP contribution in [0.2, 0.25) is 0 Å². The predicted octanol–water partition coefficient (Wildman–Crippen LogP) is 2.03. The molecule has 0 radical (unpaired) electrons. The summed E-state index contributed by atoms with van der Waals surface area (Å²) in [5, 5.41) is 15.8. The third-order valence-corrected chi connectivity index (χ3v) is 3.56. The van der Waals surface area contributed by atoms with E-state index in [0.717, 1.165) is 0 Å². The zero-order chi connectivity index (χ0) is 21.2. The van der Waals surface area contributed by atoms with Crippen LogP contribution in [0.3, 0.4) is 0 Å². The minimum absolute atomic E-state index is 0.0160. The number of ether oxygens (including phenoxy) is 1. The summed E-state index contributed by atoms with van der Waals surface area (Å²) in [6.45, 7) is 1.64. The fourth-order valence-electron chi connectivity index (χ4n) is 2.19. The van der Waals surface area contributed by atoms with Gasteiger partial charge in [0, 0.05) is 25.6 Å². The highest BCUT2D eigenvalue weighted by atomic mass is 16.6. The molecule has 10 nitrogen and oxygen atoms in total. The summed E-state index contributed by atoms with van der Waals surface area (Å²) >= 11 is 0. The van der Waals surface area contributed by atoms with Crippen molar-refractivity contribution >= 4 is 29.5 Å². The number of hydrogen-bond acceptors (Lipinski definition) is 7. The monoisotopic (exact) mass is 401 g/mol. The Kier molecular flexibility index (Phi) is 7.66. The molecule has 0 unspecified atom stereocenters. The predicted molar refractivity (Wildman–Crippen MR) is 102 cm³/mol. The second kappa shape index (κ2) is 10.4. The highest BCUT2D eigenvalue weighted by Crippen LogP contribution is 2.14. The zero-order valence-corrected chi connectivity index (χ0v) is 15.5. The molecule has 0 aliphatic heterocycles. The van der Waals surface area contributed by atoms with Crippen molar-refractivity contribution in [2.75, 3.05) is 13.2 Å². The van der Waals surface area contributed by atoms with Gasteiger partial charge < -0.3 is 19.8 Å². The summed E-state index contributed by atoms with van der Waals surface area (Å²) in [7, 11) is 0. The van der Waals surface area contributed by atoms with Crippen molar-refractivity contribution in [1.29, 1.82) is 0 Å². The molecular formula is C19H19N3O7. The van der Waals surface area contributed by atoms with Crippen LogP contribution in [0.5, 0.6) is 0 Å². The Morgan fingerprint density at radius 3 is 2.52 bits per heavy atom. The van der Waals surface area contributed by atoms with Crippen LogP contribution < -0.4 is 10.6 Å². The first-order valence-electron chi connectivity index (χ1n) is 8.59. The van der Waals surface area contributed by atoms with Crippen molar-refractivity contribution in [3.63, 3.8) is 0 Å². The Morgan fingerprint density at radius 2 is 1.93 bits per heavy atom. The van der Waals surface area contributed by atoms with E-state index < -0.39 is 22.7 Å². The molecule has 1 heterocycles. The van der Waals surface area contributed by atoms with Crippen LogP contribution >= 0.6 is 0 Å². The van der Waals surface area contributed by atoms with Crippen molar-refractivity contribution in [3.8, 4) is 0 Å². The zero-order valence-electron chi connectivity index (χ0n) is 15.5. The molecule has 29 heavy (non-hydrogen) atoms. The number of carbonyl (C=O) groups is 3. The molecule has 0 saturated carbocycles. The first kappa shape index (κ1) is 21.4. The summed E-state index contributed by atoms with van der Waals surface area (Å²) < 4.78 is 9.79. The normalized spacial score (nSPS) is 10.9. The number of benzene rings is 1. The summed E-state index contributed by atoms with van der Waals surface area (Å²) in [4.78, 5) is 45.7. The van der Waals surface area contributed by atoms with Crippen LogP contribution in [0.25, 0.3) is 6.08 Å². The smallest absolute Gasteiger partial charge is 0.302 e. The number of carbonyl (C=O) groups excluding carboxylic acids is 3. The molecule has 0 aliphatic rings. The van der Waals surface area contributed by atoms with Crippen molar-refractivity contribution in [3.05, 3.63) is 69.8 Å². The van der Waals surface area contributed by atoms with E-state index in [-0.39, 0.29) is 30.3 Å². The number of non-ortho nitro benzene ring substituents is 1. The van der Waals surface area contributed by atoms with Gasteiger partial charge in [0.2, 0.25) is 0 Å². The van der Waals surface area contributed by atoms with Gasteiger partial charge in [0.1, 0.15) is 5.70 Å². The molecule has 2 N–H and O–H groups in total. The van der Waals surface area contributed by atoms with Crippen LogP contribution in [0.1, 0.15) is 29.5 Å². The lowest BCUT2D eigenvalue weighted by Gasteiger charge is -2.10. The van der Waals surface area contributed by atoms with E-state index >= 15 is 0 Å². The van der Waals surface area contributed by atoms with Gasteiger partial charge in [-0.15, -0.1) is 0 Å². The van der Waals surface area contributed by atoms with E-state index in [1.807, 2.05) is 0 Å². The van der Waals surface area contributed by atoms with E-state index in [1.165, 1.54) is 55.7 Å². The highest BCUT2D eigenvalue weighted by molar-refractivity contribution is 6.04. The molecule has 2 rings (SSSR count). The molecule has 0 atom stereocenters. The largest absolute Gasteiger partial charge is 0.466 e. The Labute approximate surface area is 165 Å². The SMILES string of the molecule is CC(=O)OCCCNC(=O)/C(=C/c1ccc([N+](=O)[O-])cc1)NC(=O)c1ccco1. The van der Waals surface area contributed by atoms with E-state index in [1.54, 1.807) is 0 Å². The molecule has 0 aliphatic carbocycles. The van der Waals surface area contributed by atoms with Gasteiger partial charge in [0.25, 0.3) is 17.5 Å². The van der Waals surface area contributed by atoms with Crippen molar-refractivity contribution in [1.82, 2.24) is 10.6 Å². The minimum Gasteiger partial charge on any atom is -0.466 e. The summed E-state index contributed by atoms with van der Waals surface area (Å²) in [6.07, 6.45) is 3.10. The van der Waals surface area contributed by atoms with E-state index in [0.29, 0.717) is 12.0 Å². The number of nitrogens with zero attached hydrogens (tertiary/aromatic N) is 1. The summed E-state index contributed by atoms with van der Waals surface area (Å²) in [6, 6.07) is 8.44. The molecule has 0 bridgehead atoms. The number of nitro benzene ring substituents is 1. The molecule has 0 fully saturated rings. The Bertz CT molecular complexity index is 902. The fraction of sp³-hybridized carbons (Fsp3) is 0.211. The quantitative estimate of drug-likeness (QED) is 0.215. The van der Waals surface area contributed by atoms with Crippen LogP contribution in [-0.2, 0) is 14.3 Å². The fourth-order valence-corrected chi connectivity index (χ4v) is 2.19. The maximum Gasteiger partial charge on any atom is 0.302 e. The van der Waals surface area contributed by atoms with Crippen LogP contribution in [0.4, 0.5) is 5.69 Å². The number of esters is 1. The van der Waals surface area contributed by atoms with E-state index in [2.05, 4.69) is 10.6 Å². The maximum atomic E-state index is 12.5. The summed E-state index contributed by atoms with van der Waals surface area (Å²) in [5.74, 6) is -1.60. The van der Waals surface area contributed by atoms with E-state index in [4.69, 9.17) is 9.15 Å². The molecule has 152 valence electrons. The van der Waals surface area contributed by atoms with Gasteiger partial charge in [-0.2, -0.15) is 0 Å². The van der Waals surface area contributed by atoms with Gasteiger partial charge in [-0.3, -0.25) is 24.5 Å². The number of furan rings is 1. The number of nitro groups is 1. The Morgan fingerprint density at radius 1 is 1.21 bits per heavy atom. The molecule has 0 saturated heterocycles. The first-order chi connectivity index (χ1) is 13.9. The van der Waals surface area contributed by atoms with Crippen molar-refractivity contribution < 1.29 is 28.5 Å². The number of amides is 2. The van der Waals surface area contributed by atoms with Gasteiger partial charge >= 0.3 is 5.97 Å². The lowest BCUT2D eigenvalue weighted by molar-refractivity contribution is -0.384. The Hall–Kier alpha value is -3.95. The maximum absolute atomic E-state index is 12.5. The minimum atomic E-state index is -0.627. The lowest BCUT2D eigenvalue weighted by atomic mass is 10.1. The lowest BCUT2D eigenvalue weighted by Crippen LogP contribution is -2.35. The highest BCUT2D eigenvalue weighted by Gasteiger charge is 2.16. The third kappa shape index (κ3) is 6.94. The van der Waals surface area contributed by atoms with Gasteiger partial charge in [-0.1, -0.05) is 0 Å². The average molecular weight is 401 g/mol. The van der Waals surface area contributed by atoms with E-state index in [9.17, 15) is 24.5 Å². The molecule has 0 spiro atoms. The van der Waals surface area contributed by atoms with Gasteiger partial charge in [-0.05, 0) is 42.3 Å². The standard InChI is InChI=1S/C19H19N3O7/c1-13(23)28-11-3-9-20-18(24)16(21-19(25)17-4-2-10-29-17)12-14-5-7-15(8-6-14)22(26)27/h2,4-8,10,12H,3,9,11H2,1H3,(H,20,24)(H,21,25)/b16-12-. The molecule has 2 aromatic rings. The first-order valence-corrected chi connectivity index (χ1v) is 8.59. The number of hydrogen-bond donors (Lipinski definition) is 2. The Balaban J connectivity index is 2.11. The van der Waals surface area contributed by atoms with Crippen LogP contribution in [0.15, 0.2) is 52.8 Å². The third-order valence-electron chi connectivity index (χ3n) is 3.56. The second-order valence-corrected chi connectivity index (χ2v) is 5.79. The number of nitrogens with one attached hydrogen (secondary N) is 2. The van der Waals surface area contributed by atoms with Crippen LogP contribution in [0, 0.1) is 10.1 Å². The van der Waals surface area contributed by atoms with Gasteiger partial charge in [-0.25, -0.2) is 0 Å². The summed E-state index contributed by atoms with van der Waals surface area (Å²) in [5.41, 5.74) is 0.298. The van der Waals surface area contributed by atoms with Crippen LogP contribution in [-0.4, -0.2) is 35.9 Å². The van der Waals surface area contributed by atoms with Crippen molar-refractivity contribution in [2.24, 2.45) is 0 Å². The number of rotatable bonds is 9. The second-order valence-electron chi connectivity index (χ2n) is 5.79. The van der Waals surface area contributed by atoms with Crippen molar-refractivity contribution in [2.45, 2.75) is 13.3 Å². The van der Waals surface area contributed by atoms with Gasteiger partial charge in [0.05, 0.1) is 17.8 Å². The molecule has 2 amide bonds. The molecule has 1 aromatic carbocycles. The average Bonchev–Trinajstić information content (AvgIpc) is 3.22. The topological polar surface area (TPSA) is 141 Å². The molecule has 1 aromatic heterocycles. The van der Waals surface area contributed by atoms with Gasteiger partial charge in [0.15, 0.2) is 5.76 Å². The molecular weight excluding hydrogens is 382 g/mol. The molecule has 10 heteroatoms.